The van der Waals surface area contributed by atoms with Crippen molar-refractivity contribution in [2.45, 2.75) is 45.1 Å². The van der Waals surface area contributed by atoms with Gasteiger partial charge in [-0.1, -0.05) is 0 Å². The summed E-state index contributed by atoms with van der Waals surface area (Å²) < 4.78 is 5.52. The molecule has 1 aromatic heterocycles. The molecule has 1 saturated heterocycles. The normalized spacial score (nSPS) is 26.2. The third-order valence-corrected chi connectivity index (χ3v) is 4.06. The first-order valence-corrected chi connectivity index (χ1v) is 7.16. The molecule has 0 saturated carbocycles. The Labute approximate surface area is 113 Å². The molecule has 3 rings (SSSR count). The molecule has 2 heterocycles. The minimum Gasteiger partial charge on any atom is -0.376 e. The molecule has 2 atom stereocenters. The maximum absolute atomic E-state index is 12.2. The van der Waals surface area contributed by atoms with Crippen LogP contribution in [0.5, 0.6) is 0 Å². The molecule has 0 unspecified atom stereocenters. The highest BCUT2D eigenvalue weighted by molar-refractivity contribution is 5.79. The monoisotopic (exact) mass is 263 g/mol. The summed E-state index contributed by atoms with van der Waals surface area (Å²) >= 11 is 0. The minimum absolute atomic E-state index is 0.0775. The van der Waals surface area contributed by atoms with Gasteiger partial charge in [-0.15, -0.1) is 0 Å². The van der Waals surface area contributed by atoms with E-state index in [1.807, 2.05) is 6.92 Å². The van der Waals surface area contributed by atoms with Gasteiger partial charge in [0.2, 0.25) is 5.91 Å². The molecule has 1 amide bonds. The number of carbonyl (C=O) groups excluding carboxylic acids is 1. The standard InChI is InChI=1S/C14H21N3O2/c1-9-16-12-5-4-10(7-13(12)17-9)14(18)15-8-11-3-2-6-19-11/h10-11H,2-8H2,1H3,(H,15,18)(H,16,17)/t10-,11-/m0/s1. The van der Waals surface area contributed by atoms with Gasteiger partial charge in [-0.25, -0.2) is 4.98 Å². The van der Waals surface area contributed by atoms with Crippen LogP contribution in [0.1, 0.15) is 36.5 Å². The predicted octanol–water partition coefficient (Wildman–Crippen LogP) is 1.12. The first-order valence-electron chi connectivity index (χ1n) is 7.16. The molecule has 2 aliphatic rings. The van der Waals surface area contributed by atoms with E-state index in [1.54, 1.807) is 0 Å². The maximum atomic E-state index is 12.2. The van der Waals surface area contributed by atoms with E-state index in [0.29, 0.717) is 6.54 Å². The molecule has 1 aliphatic heterocycles. The van der Waals surface area contributed by atoms with Crippen LogP contribution in [0, 0.1) is 12.8 Å². The quantitative estimate of drug-likeness (QED) is 0.858. The summed E-state index contributed by atoms with van der Waals surface area (Å²) in [5, 5.41) is 3.03. The molecule has 1 aromatic rings. The number of ether oxygens (including phenoxy) is 1. The van der Waals surface area contributed by atoms with Crippen molar-refractivity contribution in [1.29, 1.82) is 0 Å². The number of nitrogens with one attached hydrogen (secondary N) is 2. The summed E-state index contributed by atoms with van der Waals surface area (Å²) in [6, 6.07) is 0. The Hall–Kier alpha value is -1.36. The predicted molar refractivity (Wildman–Crippen MR) is 70.8 cm³/mol. The molecule has 1 fully saturated rings. The molecule has 1 aliphatic carbocycles. The van der Waals surface area contributed by atoms with E-state index in [9.17, 15) is 4.79 Å². The molecule has 2 N–H and O–H groups in total. The summed E-state index contributed by atoms with van der Waals surface area (Å²) in [7, 11) is 0. The smallest absolute Gasteiger partial charge is 0.223 e. The summed E-state index contributed by atoms with van der Waals surface area (Å²) in [5.41, 5.74) is 2.28. The third-order valence-electron chi connectivity index (χ3n) is 4.06. The minimum atomic E-state index is 0.0775. The maximum Gasteiger partial charge on any atom is 0.223 e. The van der Waals surface area contributed by atoms with E-state index in [1.165, 1.54) is 0 Å². The van der Waals surface area contributed by atoms with Crippen molar-refractivity contribution in [3.8, 4) is 0 Å². The fourth-order valence-corrected chi connectivity index (χ4v) is 3.01. The molecular formula is C14H21N3O2. The Morgan fingerprint density at radius 1 is 1.53 bits per heavy atom. The number of hydrogen-bond acceptors (Lipinski definition) is 3. The van der Waals surface area contributed by atoms with Gasteiger partial charge in [0.25, 0.3) is 0 Å². The Bertz CT molecular complexity index is 463. The van der Waals surface area contributed by atoms with Crippen LogP contribution >= 0.6 is 0 Å². The zero-order valence-corrected chi connectivity index (χ0v) is 11.4. The van der Waals surface area contributed by atoms with Gasteiger partial charge < -0.3 is 15.0 Å². The molecule has 104 valence electrons. The van der Waals surface area contributed by atoms with Crippen LogP contribution in [0.2, 0.25) is 0 Å². The summed E-state index contributed by atoms with van der Waals surface area (Å²) in [6.07, 6.45) is 4.98. The van der Waals surface area contributed by atoms with Crippen molar-refractivity contribution in [2.75, 3.05) is 13.2 Å². The molecule has 0 bridgehead atoms. The number of imidazole rings is 1. The second kappa shape index (κ2) is 5.33. The molecule has 19 heavy (non-hydrogen) atoms. The van der Waals surface area contributed by atoms with Crippen molar-refractivity contribution in [3.63, 3.8) is 0 Å². The first-order chi connectivity index (χ1) is 9.22. The number of aryl methyl sites for hydroxylation is 2. The van der Waals surface area contributed by atoms with Crippen molar-refractivity contribution >= 4 is 5.91 Å². The SMILES string of the molecule is Cc1nc2c([nH]1)C[C@@H](C(=O)NC[C@@H]1CCCO1)CC2. The van der Waals surface area contributed by atoms with E-state index in [2.05, 4.69) is 15.3 Å². The fourth-order valence-electron chi connectivity index (χ4n) is 3.01. The summed E-state index contributed by atoms with van der Waals surface area (Å²) in [5.74, 6) is 1.19. The lowest BCUT2D eigenvalue weighted by Crippen LogP contribution is -2.38. The number of rotatable bonds is 3. The lowest BCUT2D eigenvalue weighted by Gasteiger charge is -2.21. The number of nitrogens with zero attached hydrogens (tertiary/aromatic N) is 1. The average Bonchev–Trinajstić information content (AvgIpc) is 3.02. The van der Waals surface area contributed by atoms with Crippen LogP contribution < -0.4 is 5.32 Å². The van der Waals surface area contributed by atoms with Gasteiger partial charge in [0, 0.05) is 31.2 Å². The van der Waals surface area contributed by atoms with Crippen molar-refractivity contribution in [1.82, 2.24) is 15.3 Å². The second-order valence-corrected chi connectivity index (χ2v) is 5.57. The molecule has 5 nitrogen and oxygen atoms in total. The number of H-pyrrole nitrogens is 1. The van der Waals surface area contributed by atoms with E-state index in [-0.39, 0.29) is 17.9 Å². The van der Waals surface area contributed by atoms with Gasteiger partial charge in [0.1, 0.15) is 5.82 Å². The number of fused-ring (bicyclic) bond motifs is 1. The number of aromatic nitrogens is 2. The zero-order chi connectivity index (χ0) is 13.2. The second-order valence-electron chi connectivity index (χ2n) is 5.57. The lowest BCUT2D eigenvalue weighted by atomic mass is 9.89. The molecular weight excluding hydrogens is 242 g/mol. The Balaban J connectivity index is 1.53. The van der Waals surface area contributed by atoms with Crippen LogP contribution in [-0.4, -0.2) is 35.1 Å². The van der Waals surface area contributed by atoms with Crippen molar-refractivity contribution < 1.29 is 9.53 Å². The largest absolute Gasteiger partial charge is 0.376 e. The van der Waals surface area contributed by atoms with E-state index < -0.39 is 0 Å². The van der Waals surface area contributed by atoms with Crippen LogP contribution in [0.15, 0.2) is 0 Å². The van der Waals surface area contributed by atoms with Gasteiger partial charge in [-0.3, -0.25) is 4.79 Å². The van der Waals surface area contributed by atoms with Gasteiger partial charge in [0.05, 0.1) is 11.8 Å². The van der Waals surface area contributed by atoms with Crippen molar-refractivity contribution in [3.05, 3.63) is 17.2 Å². The van der Waals surface area contributed by atoms with Crippen LogP contribution in [0.25, 0.3) is 0 Å². The van der Waals surface area contributed by atoms with Crippen molar-refractivity contribution in [2.24, 2.45) is 5.92 Å². The van der Waals surface area contributed by atoms with Crippen LogP contribution in [0.4, 0.5) is 0 Å². The highest BCUT2D eigenvalue weighted by atomic mass is 16.5. The Morgan fingerprint density at radius 3 is 3.21 bits per heavy atom. The van der Waals surface area contributed by atoms with Crippen LogP contribution in [0.3, 0.4) is 0 Å². The highest BCUT2D eigenvalue weighted by Gasteiger charge is 2.27. The molecule has 5 heteroatoms. The number of carbonyl (C=O) groups is 1. The van der Waals surface area contributed by atoms with Gasteiger partial charge >= 0.3 is 0 Å². The fraction of sp³-hybridized carbons (Fsp3) is 0.714. The first kappa shape index (κ1) is 12.7. The van der Waals surface area contributed by atoms with E-state index >= 15 is 0 Å². The average molecular weight is 263 g/mol. The number of amides is 1. The Morgan fingerprint density at radius 2 is 2.42 bits per heavy atom. The summed E-state index contributed by atoms with van der Waals surface area (Å²) in [4.78, 5) is 19.9. The van der Waals surface area contributed by atoms with Crippen LogP contribution in [-0.2, 0) is 22.4 Å². The number of aromatic amines is 1. The van der Waals surface area contributed by atoms with E-state index in [0.717, 1.165) is 55.9 Å². The lowest BCUT2D eigenvalue weighted by molar-refractivity contribution is -0.125. The van der Waals surface area contributed by atoms with Gasteiger partial charge in [-0.05, 0) is 32.6 Å². The molecule has 0 aromatic carbocycles. The summed E-state index contributed by atoms with van der Waals surface area (Å²) in [6.45, 7) is 3.45. The third kappa shape index (κ3) is 2.81. The highest BCUT2D eigenvalue weighted by Crippen LogP contribution is 2.24. The molecule has 0 radical (unpaired) electrons. The van der Waals surface area contributed by atoms with Gasteiger partial charge in [-0.2, -0.15) is 0 Å². The topological polar surface area (TPSA) is 67.0 Å². The Kier molecular flexibility index (Phi) is 3.55. The molecule has 0 spiro atoms. The van der Waals surface area contributed by atoms with Gasteiger partial charge in [0.15, 0.2) is 0 Å². The zero-order valence-electron chi connectivity index (χ0n) is 11.4. The number of hydrogen-bond donors (Lipinski definition) is 2. The van der Waals surface area contributed by atoms with E-state index in [4.69, 9.17) is 4.74 Å².